The summed E-state index contributed by atoms with van der Waals surface area (Å²) < 4.78 is 13.4. The lowest BCUT2D eigenvalue weighted by Crippen LogP contribution is -2.29. The minimum absolute atomic E-state index is 0. The molecular formula is C13H17Cl2FN4O. The maximum absolute atomic E-state index is 13.4. The first kappa shape index (κ1) is 19.5. The number of nitrogens with one attached hydrogen (secondary N) is 1. The van der Waals surface area contributed by atoms with Crippen LogP contribution in [-0.2, 0) is 0 Å². The second kappa shape index (κ2) is 8.71. The molecule has 0 radical (unpaired) electrons. The number of carbonyl (C=O) groups excluding carboxylic acids is 1. The van der Waals surface area contributed by atoms with Gasteiger partial charge in [-0.3, -0.25) is 14.8 Å². The molecule has 1 unspecified atom stereocenters. The third-order valence-electron chi connectivity index (χ3n) is 2.67. The number of amides is 1. The molecule has 1 atom stereocenters. The maximum atomic E-state index is 13.4. The highest BCUT2D eigenvalue weighted by molar-refractivity contribution is 6.04. The van der Waals surface area contributed by atoms with Crippen LogP contribution in [0.2, 0.25) is 0 Å². The van der Waals surface area contributed by atoms with Crippen molar-refractivity contribution in [2.24, 2.45) is 5.73 Å². The summed E-state index contributed by atoms with van der Waals surface area (Å²) in [5.41, 5.74) is 6.54. The molecule has 0 saturated heterocycles. The van der Waals surface area contributed by atoms with Crippen LogP contribution in [0, 0.1) is 5.82 Å². The van der Waals surface area contributed by atoms with Crippen LogP contribution in [0.25, 0.3) is 11.0 Å². The lowest BCUT2D eigenvalue weighted by atomic mass is 10.1. The Hall–Kier alpha value is -1.50. The molecule has 1 heterocycles. The van der Waals surface area contributed by atoms with Gasteiger partial charge in [-0.25, -0.2) is 4.39 Å². The molecule has 116 valence electrons. The largest absolute Gasteiger partial charge is 0.352 e. The molecule has 0 aliphatic rings. The van der Waals surface area contributed by atoms with Gasteiger partial charge in [0.25, 0.3) is 5.91 Å². The second-order valence-corrected chi connectivity index (χ2v) is 4.40. The number of rotatable bonds is 4. The Labute approximate surface area is 134 Å². The van der Waals surface area contributed by atoms with E-state index in [1.807, 2.05) is 6.92 Å². The molecular weight excluding hydrogens is 318 g/mol. The van der Waals surface area contributed by atoms with Gasteiger partial charge in [-0.1, -0.05) is 0 Å². The molecule has 8 heteroatoms. The topological polar surface area (TPSA) is 80.9 Å². The van der Waals surface area contributed by atoms with Gasteiger partial charge in [-0.05, 0) is 19.4 Å². The van der Waals surface area contributed by atoms with Gasteiger partial charge in [0.1, 0.15) is 11.3 Å². The summed E-state index contributed by atoms with van der Waals surface area (Å²) >= 11 is 0. The molecule has 5 nitrogen and oxygen atoms in total. The number of hydrogen-bond acceptors (Lipinski definition) is 4. The van der Waals surface area contributed by atoms with E-state index < -0.39 is 5.82 Å². The summed E-state index contributed by atoms with van der Waals surface area (Å²) in [5.74, 6) is -0.879. The van der Waals surface area contributed by atoms with Crippen LogP contribution < -0.4 is 11.1 Å². The van der Waals surface area contributed by atoms with Crippen LogP contribution in [0.5, 0.6) is 0 Å². The fourth-order valence-corrected chi connectivity index (χ4v) is 1.72. The number of benzene rings is 1. The summed E-state index contributed by atoms with van der Waals surface area (Å²) in [7, 11) is 0. The SMILES string of the molecule is CC(N)CCNC(=O)c1cc(F)cc2nccnc12.Cl.Cl. The third-order valence-corrected chi connectivity index (χ3v) is 2.67. The van der Waals surface area contributed by atoms with E-state index in [0.717, 1.165) is 6.07 Å². The molecule has 0 bridgehead atoms. The van der Waals surface area contributed by atoms with Gasteiger partial charge in [0.15, 0.2) is 0 Å². The van der Waals surface area contributed by atoms with Crippen LogP contribution in [0.1, 0.15) is 23.7 Å². The van der Waals surface area contributed by atoms with Crippen LogP contribution >= 0.6 is 24.8 Å². The number of hydrogen-bond donors (Lipinski definition) is 2. The molecule has 2 aromatic rings. The van der Waals surface area contributed by atoms with E-state index in [0.29, 0.717) is 24.0 Å². The fraction of sp³-hybridized carbons (Fsp3) is 0.308. The normalized spacial score (nSPS) is 11.2. The van der Waals surface area contributed by atoms with Crippen molar-refractivity contribution in [3.8, 4) is 0 Å². The van der Waals surface area contributed by atoms with E-state index >= 15 is 0 Å². The van der Waals surface area contributed by atoms with E-state index in [1.165, 1.54) is 18.5 Å². The van der Waals surface area contributed by atoms with Crippen molar-refractivity contribution in [1.29, 1.82) is 0 Å². The quantitative estimate of drug-likeness (QED) is 0.896. The summed E-state index contributed by atoms with van der Waals surface area (Å²) in [5, 5.41) is 2.70. The van der Waals surface area contributed by atoms with Crippen LogP contribution in [0.4, 0.5) is 4.39 Å². The summed E-state index contributed by atoms with van der Waals surface area (Å²) in [6, 6.07) is 2.42. The monoisotopic (exact) mass is 334 g/mol. The van der Waals surface area contributed by atoms with Crippen molar-refractivity contribution >= 4 is 41.8 Å². The Morgan fingerprint density at radius 3 is 2.67 bits per heavy atom. The Kier molecular flexibility index (Phi) is 8.09. The van der Waals surface area contributed by atoms with E-state index in [1.54, 1.807) is 0 Å². The van der Waals surface area contributed by atoms with Crippen molar-refractivity contribution < 1.29 is 9.18 Å². The number of carbonyl (C=O) groups is 1. The number of halogens is 3. The molecule has 0 aliphatic heterocycles. The first-order valence-corrected chi connectivity index (χ1v) is 6.02. The molecule has 1 amide bonds. The average molecular weight is 335 g/mol. The number of fused-ring (bicyclic) bond motifs is 1. The van der Waals surface area contributed by atoms with Crippen molar-refractivity contribution in [1.82, 2.24) is 15.3 Å². The Morgan fingerprint density at radius 1 is 1.33 bits per heavy atom. The van der Waals surface area contributed by atoms with Gasteiger partial charge in [-0.2, -0.15) is 0 Å². The smallest absolute Gasteiger partial charge is 0.253 e. The van der Waals surface area contributed by atoms with Gasteiger partial charge in [0.05, 0.1) is 11.1 Å². The van der Waals surface area contributed by atoms with Gasteiger partial charge in [0, 0.05) is 31.0 Å². The second-order valence-electron chi connectivity index (χ2n) is 4.40. The van der Waals surface area contributed by atoms with Crippen LogP contribution in [0.3, 0.4) is 0 Å². The predicted molar refractivity (Wildman–Crippen MR) is 84.6 cm³/mol. The molecule has 2 rings (SSSR count). The number of aromatic nitrogens is 2. The van der Waals surface area contributed by atoms with Gasteiger partial charge in [-0.15, -0.1) is 24.8 Å². The molecule has 0 aliphatic carbocycles. The van der Waals surface area contributed by atoms with Gasteiger partial charge >= 0.3 is 0 Å². The van der Waals surface area contributed by atoms with E-state index in [-0.39, 0.29) is 42.3 Å². The van der Waals surface area contributed by atoms with Crippen molar-refractivity contribution in [2.45, 2.75) is 19.4 Å². The highest BCUT2D eigenvalue weighted by Gasteiger charge is 2.13. The number of nitrogens with zero attached hydrogens (tertiary/aromatic N) is 2. The van der Waals surface area contributed by atoms with E-state index in [9.17, 15) is 9.18 Å². The third kappa shape index (κ3) is 5.08. The first-order valence-electron chi connectivity index (χ1n) is 6.02. The zero-order chi connectivity index (χ0) is 13.8. The minimum atomic E-state index is -0.509. The Bertz CT molecular complexity index is 610. The van der Waals surface area contributed by atoms with Crippen LogP contribution in [0.15, 0.2) is 24.5 Å². The van der Waals surface area contributed by atoms with Crippen molar-refractivity contribution in [3.05, 3.63) is 35.9 Å². The van der Waals surface area contributed by atoms with Crippen molar-refractivity contribution in [2.75, 3.05) is 6.54 Å². The fourth-order valence-electron chi connectivity index (χ4n) is 1.72. The van der Waals surface area contributed by atoms with Crippen LogP contribution in [-0.4, -0.2) is 28.5 Å². The predicted octanol–water partition coefficient (Wildman–Crippen LogP) is 2.08. The molecule has 1 aromatic heterocycles. The summed E-state index contributed by atoms with van der Waals surface area (Å²) in [4.78, 5) is 20.1. The minimum Gasteiger partial charge on any atom is -0.352 e. The Morgan fingerprint density at radius 2 is 2.00 bits per heavy atom. The summed E-state index contributed by atoms with van der Waals surface area (Å²) in [6.07, 6.45) is 3.59. The molecule has 1 aromatic carbocycles. The number of nitrogens with two attached hydrogens (primary N) is 1. The standard InChI is InChI=1S/C13H15FN4O.2ClH/c1-8(15)2-3-18-13(19)10-6-9(14)7-11-12(10)17-5-4-16-11;;/h4-8H,2-3,15H2,1H3,(H,18,19);2*1H. The van der Waals surface area contributed by atoms with E-state index in [2.05, 4.69) is 15.3 Å². The lowest BCUT2D eigenvalue weighted by Gasteiger charge is -2.08. The zero-order valence-corrected chi connectivity index (χ0v) is 13.0. The molecule has 0 spiro atoms. The molecule has 0 fully saturated rings. The average Bonchev–Trinajstić information content (AvgIpc) is 2.37. The highest BCUT2D eigenvalue weighted by Crippen LogP contribution is 2.16. The van der Waals surface area contributed by atoms with Gasteiger partial charge < -0.3 is 11.1 Å². The zero-order valence-electron chi connectivity index (χ0n) is 11.4. The molecule has 21 heavy (non-hydrogen) atoms. The lowest BCUT2D eigenvalue weighted by molar-refractivity contribution is 0.0954. The highest BCUT2D eigenvalue weighted by atomic mass is 35.5. The van der Waals surface area contributed by atoms with E-state index in [4.69, 9.17) is 5.73 Å². The maximum Gasteiger partial charge on any atom is 0.253 e. The first-order chi connectivity index (χ1) is 9.08. The van der Waals surface area contributed by atoms with Gasteiger partial charge in [0.2, 0.25) is 0 Å². The van der Waals surface area contributed by atoms with Crippen molar-refractivity contribution in [3.63, 3.8) is 0 Å². The molecule has 3 N–H and O–H groups in total. The molecule has 0 saturated carbocycles. The Balaban J connectivity index is 0.00000200. The summed E-state index contributed by atoms with van der Waals surface area (Å²) in [6.45, 7) is 2.30.